The van der Waals surface area contributed by atoms with Crippen LogP contribution < -0.4 is 0 Å². The van der Waals surface area contributed by atoms with Gasteiger partial charge in [0.25, 0.3) is 0 Å². The van der Waals surface area contributed by atoms with Crippen molar-refractivity contribution in [3.05, 3.63) is 35.9 Å². The van der Waals surface area contributed by atoms with E-state index < -0.39 is 0 Å². The Hall–Kier alpha value is -0.340. The zero-order valence-electron chi connectivity index (χ0n) is 9.24. The first-order chi connectivity index (χ1) is 7.07. The third-order valence-electron chi connectivity index (χ3n) is 2.96. The third-order valence-corrected chi connectivity index (χ3v) is 3.47. The minimum Gasteiger partial charge on any atom is -0.369 e. The maximum absolute atomic E-state index is 6.07. The molecule has 2 atom stereocenters. The molecule has 0 N–H and O–H groups in total. The Kier molecular flexibility index (Phi) is 3.17. The minimum atomic E-state index is 0.0799. The second-order valence-corrected chi connectivity index (χ2v) is 6.71. The van der Waals surface area contributed by atoms with E-state index in [-0.39, 0.29) is 10.4 Å². The van der Waals surface area contributed by atoms with Crippen LogP contribution in [0.5, 0.6) is 0 Å². The number of benzene rings is 1. The van der Waals surface area contributed by atoms with Crippen LogP contribution in [0.3, 0.4) is 0 Å². The fourth-order valence-corrected chi connectivity index (χ4v) is 2.39. The first-order valence-corrected chi connectivity index (χ1v) is 6.26. The molecule has 1 aromatic carbocycles. The smallest absolute Gasteiger partial charge is 0.0830 e. The van der Waals surface area contributed by atoms with Crippen molar-refractivity contribution in [1.29, 1.82) is 0 Å². The van der Waals surface area contributed by atoms with Gasteiger partial charge in [0.05, 0.1) is 12.2 Å². The summed E-state index contributed by atoms with van der Waals surface area (Å²) in [4.78, 5) is 0. The van der Waals surface area contributed by atoms with Gasteiger partial charge in [0.1, 0.15) is 0 Å². The number of halogens is 1. The molecule has 1 nitrogen and oxygen atoms in total. The van der Waals surface area contributed by atoms with Gasteiger partial charge >= 0.3 is 0 Å². The molecular formula is C13H17BrO. The Morgan fingerprint density at radius 2 is 1.87 bits per heavy atom. The molecule has 0 spiro atoms. The van der Waals surface area contributed by atoms with E-state index in [1.165, 1.54) is 5.56 Å². The van der Waals surface area contributed by atoms with E-state index in [0.717, 1.165) is 12.8 Å². The van der Waals surface area contributed by atoms with Gasteiger partial charge in [-0.2, -0.15) is 0 Å². The summed E-state index contributed by atoms with van der Waals surface area (Å²) in [6.07, 6.45) is 2.87. The lowest BCUT2D eigenvalue weighted by molar-refractivity contribution is 0.0298. The normalized spacial score (nSPS) is 26.9. The average Bonchev–Trinajstić information content (AvgIpc) is 2.67. The van der Waals surface area contributed by atoms with Gasteiger partial charge in [-0.25, -0.2) is 0 Å². The van der Waals surface area contributed by atoms with Crippen LogP contribution in [0.15, 0.2) is 30.3 Å². The highest BCUT2D eigenvalue weighted by molar-refractivity contribution is 9.10. The molecule has 1 heterocycles. The lowest BCUT2D eigenvalue weighted by atomic mass is 10.0. The maximum Gasteiger partial charge on any atom is 0.0830 e. The maximum atomic E-state index is 6.07. The lowest BCUT2D eigenvalue weighted by Gasteiger charge is -2.25. The number of hydrogen-bond donors (Lipinski definition) is 0. The van der Waals surface area contributed by atoms with Crippen LogP contribution in [0.4, 0.5) is 0 Å². The second-order valence-electron chi connectivity index (χ2n) is 4.67. The van der Waals surface area contributed by atoms with Crippen molar-refractivity contribution < 1.29 is 4.74 Å². The van der Waals surface area contributed by atoms with Crippen LogP contribution in [0.25, 0.3) is 0 Å². The molecule has 15 heavy (non-hydrogen) atoms. The van der Waals surface area contributed by atoms with Crippen molar-refractivity contribution in [2.75, 3.05) is 0 Å². The summed E-state index contributed by atoms with van der Waals surface area (Å²) < 4.78 is 6.14. The van der Waals surface area contributed by atoms with E-state index in [0.29, 0.717) is 6.10 Å². The largest absolute Gasteiger partial charge is 0.369 e. The summed E-state index contributed by atoms with van der Waals surface area (Å²) in [6.45, 7) is 4.34. The van der Waals surface area contributed by atoms with Gasteiger partial charge in [-0.05, 0) is 32.3 Å². The summed E-state index contributed by atoms with van der Waals surface area (Å²) in [5, 5.41) is 0. The van der Waals surface area contributed by atoms with Crippen molar-refractivity contribution in [2.45, 2.75) is 43.2 Å². The molecule has 0 bridgehead atoms. The predicted molar refractivity (Wildman–Crippen MR) is 66.3 cm³/mol. The third kappa shape index (κ3) is 2.61. The molecule has 1 saturated heterocycles. The van der Waals surface area contributed by atoms with Crippen LogP contribution in [0.1, 0.15) is 38.4 Å². The molecule has 0 unspecified atom stereocenters. The van der Waals surface area contributed by atoms with Crippen LogP contribution in [-0.4, -0.2) is 10.4 Å². The van der Waals surface area contributed by atoms with Gasteiger partial charge in [0.2, 0.25) is 0 Å². The van der Waals surface area contributed by atoms with Crippen LogP contribution in [0, 0.1) is 0 Å². The fourth-order valence-electron chi connectivity index (χ4n) is 2.06. The lowest BCUT2D eigenvalue weighted by Crippen LogP contribution is -2.28. The molecule has 2 rings (SSSR count). The molecule has 82 valence electrons. The monoisotopic (exact) mass is 268 g/mol. The summed E-state index contributed by atoms with van der Waals surface area (Å²) in [5.41, 5.74) is 1.30. The zero-order valence-corrected chi connectivity index (χ0v) is 10.8. The Labute approximate surface area is 100.0 Å². The molecule has 1 aliphatic rings. The number of rotatable bonds is 2. The summed E-state index contributed by atoms with van der Waals surface area (Å²) in [6, 6.07) is 10.5. The van der Waals surface area contributed by atoms with E-state index in [1.807, 2.05) is 6.07 Å². The zero-order chi connectivity index (χ0) is 10.9. The molecule has 0 aromatic heterocycles. The van der Waals surface area contributed by atoms with E-state index in [4.69, 9.17) is 4.74 Å². The van der Waals surface area contributed by atoms with Crippen LogP contribution >= 0.6 is 15.9 Å². The van der Waals surface area contributed by atoms with Gasteiger partial charge < -0.3 is 4.74 Å². The van der Waals surface area contributed by atoms with Gasteiger partial charge in [0, 0.05) is 4.32 Å². The summed E-state index contributed by atoms with van der Waals surface area (Å²) >= 11 is 3.68. The molecule has 0 radical (unpaired) electrons. The average molecular weight is 269 g/mol. The van der Waals surface area contributed by atoms with Gasteiger partial charge in [-0.1, -0.05) is 46.3 Å². The fraction of sp³-hybridized carbons (Fsp3) is 0.538. The quantitative estimate of drug-likeness (QED) is 0.735. The number of alkyl halides is 1. The van der Waals surface area contributed by atoms with Crippen molar-refractivity contribution in [3.8, 4) is 0 Å². The minimum absolute atomic E-state index is 0.0799. The first kappa shape index (κ1) is 11.2. The Morgan fingerprint density at radius 1 is 1.20 bits per heavy atom. The topological polar surface area (TPSA) is 9.23 Å². The predicted octanol–water partition coefficient (Wildman–Crippen LogP) is 4.08. The molecule has 1 fully saturated rings. The van der Waals surface area contributed by atoms with Gasteiger partial charge in [0.15, 0.2) is 0 Å². The Bertz CT molecular complexity index is 315. The van der Waals surface area contributed by atoms with Crippen molar-refractivity contribution >= 4 is 15.9 Å². The molecule has 0 amide bonds. The van der Waals surface area contributed by atoms with E-state index in [2.05, 4.69) is 54.0 Å². The van der Waals surface area contributed by atoms with E-state index in [1.54, 1.807) is 0 Å². The van der Waals surface area contributed by atoms with E-state index >= 15 is 0 Å². The molecule has 2 heteroatoms. The van der Waals surface area contributed by atoms with Crippen molar-refractivity contribution in [3.63, 3.8) is 0 Å². The Morgan fingerprint density at radius 3 is 2.40 bits per heavy atom. The molecule has 0 saturated carbocycles. The standard InChI is InChI=1S/C13H17BrO/c1-13(2,14)12-9-8-11(15-12)10-6-4-3-5-7-10/h3-7,11-12H,8-9H2,1-2H3/t11-,12+/m1/s1. The number of ether oxygens (including phenoxy) is 1. The van der Waals surface area contributed by atoms with Crippen molar-refractivity contribution in [2.24, 2.45) is 0 Å². The van der Waals surface area contributed by atoms with Crippen LogP contribution in [-0.2, 0) is 4.74 Å². The van der Waals surface area contributed by atoms with Gasteiger partial charge in [-0.15, -0.1) is 0 Å². The molecular weight excluding hydrogens is 252 g/mol. The molecule has 1 aliphatic heterocycles. The summed E-state index contributed by atoms with van der Waals surface area (Å²) in [5.74, 6) is 0. The highest BCUT2D eigenvalue weighted by atomic mass is 79.9. The van der Waals surface area contributed by atoms with Crippen molar-refractivity contribution in [1.82, 2.24) is 0 Å². The van der Waals surface area contributed by atoms with E-state index in [9.17, 15) is 0 Å². The Balaban J connectivity index is 2.05. The highest BCUT2D eigenvalue weighted by Gasteiger charge is 2.35. The highest BCUT2D eigenvalue weighted by Crippen LogP contribution is 2.39. The molecule has 0 aliphatic carbocycles. The van der Waals surface area contributed by atoms with Crippen LogP contribution in [0.2, 0.25) is 0 Å². The number of hydrogen-bond acceptors (Lipinski definition) is 1. The van der Waals surface area contributed by atoms with Gasteiger partial charge in [-0.3, -0.25) is 0 Å². The molecule has 1 aromatic rings. The second kappa shape index (κ2) is 4.26. The first-order valence-electron chi connectivity index (χ1n) is 5.46. The SMILES string of the molecule is CC(C)(Br)[C@@H]1CC[C@H](c2ccccc2)O1. The summed E-state index contributed by atoms with van der Waals surface area (Å²) in [7, 11) is 0.